The van der Waals surface area contributed by atoms with E-state index in [9.17, 15) is 9.90 Å². The predicted octanol–water partition coefficient (Wildman–Crippen LogP) is 3.45. The fourth-order valence-electron chi connectivity index (χ4n) is 2.38. The molecule has 0 spiro atoms. The first-order chi connectivity index (χ1) is 12.5. The van der Waals surface area contributed by atoms with E-state index < -0.39 is 6.10 Å². The first-order valence-corrected chi connectivity index (χ1v) is 9.69. The lowest BCUT2D eigenvalue weighted by molar-refractivity contribution is -0.147. The van der Waals surface area contributed by atoms with Gasteiger partial charge in [-0.2, -0.15) is 0 Å². The Bertz CT molecular complexity index is 716. The lowest BCUT2D eigenvalue weighted by Gasteiger charge is -2.13. The normalized spacial score (nSPS) is 12.6. The Kier molecular flexibility index (Phi) is 10.6. The number of hydrogen-bond acceptors (Lipinski definition) is 5. The van der Waals surface area contributed by atoms with E-state index in [1.165, 1.54) is 0 Å². The number of aliphatic imine (C=N–C) groups is 1. The minimum absolute atomic E-state index is 0. The number of guanidine groups is 1. The van der Waals surface area contributed by atoms with Gasteiger partial charge in [0.1, 0.15) is 6.10 Å². The van der Waals surface area contributed by atoms with Crippen LogP contribution in [0, 0.1) is 0 Å². The van der Waals surface area contributed by atoms with Crippen molar-refractivity contribution in [3.8, 4) is 0 Å². The number of aliphatic hydroxyl groups excluding tert-OH is 1. The van der Waals surface area contributed by atoms with Gasteiger partial charge in [0.05, 0.1) is 19.1 Å². The van der Waals surface area contributed by atoms with Crippen molar-refractivity contribution in [1.29, 1.82) is 0 Å². The molecule has 8 heteroatoms. The van der Waals surface area contributed by atoms with Crippen molar-refractivity contribution >= 4 is 57.3 Å². The predicted molar refractivity (Wildman–Crippen MR) is 122 cm³/mol. The number of carbonyl (C=O) groups excluding carboxylic acids is 1. The highest BCUT2D eigenvalue weighted by atomic mass is 127. The van der Waals surface area contributed by atoms with Gasteiger partial charge in [-0.1, -0.05) is 18.2 Å². The molecule has 2 aromatic rings. The quantitative estimate of drug-likeness (QED) is 0.222. The van der Waals surface area contributed by atoms with Crippen molar-refractivity contribution < 1.29 is 14.6 Å². The van der Waals surface area contributed by atoms with Crippen LogP contribution in [0.2, 0.25) is 0 Å². The standard InChI is InChI=1S/C19H27N3O3S.HI/c1-4-20-19(21-10-9-18(24)25-13(2)3)22-12-15(23)17-11-14-7-5-6-8-16(14)26-17;/h5-8,11,13,15,23H,4,9-10,12H2,1-3H3,(H2,20,21,22);1H. The zero-order valence-electron chi connectivity index (χ0n) is 15.9. The minimum Gasteiger partial charge on any atom is -0.463 e. The van der Waals surface area contributed by atoms with Crippen LogP contribution in [0.1, 0.15) is 38.2 Å². The van der Waals surface area contributed by atoms with Crippen molar-refractivity contribution in [3.63, 3.8) is 0 Å². The summed E-state index contributed by atoms with van der Waals surface area (Å²) in [4.78, 5) is 16.9. The van der Waals surface area contributed by atoms with Crippen LogP contribution in [0.5, 0.6) is 0 Å². The topological polar surface area (TPSA) is 83.0 Å². The molecule has 1 heterocycles. The second kappa shape index (κ2) is 12.1. The minimum atomic E-state index is -0.659. The molecule has 0 aliphatic heterocycles. The molecule has 0 aliphatic carbocycles. The Hall–Kier alpha value is -1.39. The summed E-state index contributed by atoms with van der Waals surface area (Å²) in [5.41, 5.74) is 0. The van der Waals surface area contributed by atoms with Crippen molar-refractivity contribution in [3.05, 3.63) is 35.2 Å². The number of rotatable bonds is 8. The van der Waals surface area contributed by atoms with Crippen LogP contribution < -0.4 is 10.6 Å². The van der Waals surface area contributed by atoms with E-state index in [4.69, 9.17) is 4.74 Å². The number of nitrogens with one attached hydrogen (secondary N) is 2. The molecule has 27 heavy (non-hydrogen) atoms. The Balaban J connectivity index is 0.00000364. The number of benzene rings is 1. The molecule has 150 valence electrons. The van der Waals surface area contributed by atoms with Gasteiger partial charge in [0, 0.05) is 22.7 Å². The highest BCUT2D eigenvalue weighted by Gasteiger charge is 2.12. The first-order valence-electron chi connectivity index (χ1n) is 8.87. The zero-order valence-corrected chi connectivity index (χ0v) is 19.0. The number of hydrogen-bond donors (Lipinski definition) is 3. The third kappa shape index (κ3) is 8.02. The fourth-order valence-corrected chi connectivity index (χ4v) is 3.42. The van der Waals surface area contributed by atoms with Gasteiger partial charge in [0.2, 0.25) is 0 Å². The number of halogens is 1. The maximum absolute atomic E-state index is 11.6. The number of fused-ring (bicyclic) bond motifs is 1. The summed E-state index contributed by atoms with van der Waals surface area (Å²) in [6.45, 7) is 6.99. The molecule has 3 N–H and O–H groups in total. The van der Waals surface area contributed by atoms with Crippen LogP contribution >= 0.6 is 35.3 Å². The van der Waals surface area contributed by atoms with Crippen LogP contribution in [-0.2, 0) is 9.53 Å². The zero-order chi connectivity index (χ0) is 18.9. The van der Waals surface area contributed by atoms with E-state index in [2.05, 4.69) is 15.6 Å². The largest absolute Gasteiger partial charge is 0.463 e. The number of esters is 1. The highest BCUT2D eigenvalue weighted by Crippen LogP contribution is 2.29. The van der Waals surface area contributed by atoms with E-state index in [-0.39, 0.29) is 49.0 Å². The van der Waals surface area contributed by atoms with E-state index >= 15 is 0 Å². The molecule has 1 atom stereocenters. The average molecular weight is 505 g/mol. The van der Waals surface area contributed by atoms with E-state index in [0.29, 0.717) is 19.0 Å². The second-order valence-electron chi connectivity index (χ2n) is 6.14. The number of carbonyl (C=O) groups is 1. The van der Waals surface area contributed by atoms with Crippen molar-refractivity contribution in [2.24, 2.45) is 4.99 Å². The SMILES string of the molecule is CCNC(=NCC(O)c1cc2ccccc2s1)NCCC(=O)OC(C)C.I. The van der Waals surface area contributed by atoms with Crippen LogP contribution in [0.4, 0.5) is 0 Å². The molecule has 1 unspecified atom stereocenters. The van der Waals surface area contributed by atoms with Gasteiger partial charge in [0.25, 0.3) is 0 Å². The summed E-state index contributed by atoms with van der Waals surface area (Å²) in [5, 5.41) is 17.8. The molecule has 1 aromatic carbocycles. The molecule has 0 saturated heterocycles. The molecule has 0 saturated carbocycles. The molecule has 0 fully saturated rings. The summed E-state index contributed by atoms with van der Waals surface area (Å²) in [6, 6.07) is 10.1. The number of ether oxygens (including phenoxy) is 1. The Labute approximate surface area is 181 Å². The van der Waals surface area contributed by atoms with Gasteiger partial charge in [-0.05, 0) is 38.3 Å². The summed E-state index contributed by atoms with van der Waals surface area (Å²) in [5.74, 6) is 0.332. The lowest BCUT2D eigenvalue weighted by Crippen LogP contribution is -2.38. The van der Waals surface area contributed by atoms with E-state index in [1.54, 1.807) is 11.3 Å². The average Bonchev–Trinajstić information content (AvgIpc) is 3.03. The van der Waals surface area contributed by atoms with Gasteiger partial charge in [-0.25, -0.2) is 0 Å². The Morgan fingerprint density at radius 2 is 2.04 bits per heavy atom. The third-order valence-electron chi connectivity index (χ3n) is 3.53. The molecule has 0 aliphatic rings. The van der Waals surface area contributed by atoms with E-state index in [1.807, 2.05) is 51.1 Å². The number of aliphatic hydroxyl groups is 1. The summed E-state index contributed by atoms with van der Waals surface area (Å²) >= 11 is 1.58. The van der Waals surface area contributed by atoms with Crippen molar-refractivity contribution in [2.75, 3.05) is 19.6 Å². The van der Waals surface area contributed by atoms with Crippen LogP contribution in [0.15, 0.2) is 35.3 Å². The van der Waals surface area contributed by atoms with Crippen LogP contribution in [-0.4, -0.2) is 42.8 Å². The molecule has 1 aromatic heterocycles. The summed E-state index contributed by atoms with van der Waals surface area (Å²) in [6.07, 6.45) is -0.504. The van der Waals surface area contributed by atoms with Crippen LogP contribution in [0.3, 0.4) is 0 Å². The van der Waals surface area contributed by atoms with Gasteiger partial charge in [-0.15, -0.1) is 35.3 Å². The smallest absolute Gasteiger partial charge is 0.307 e. The molecule has 0 bridgehead atoms. The number of nitrogens with zero attached hydrogens (tertiary/aromatic N) is 1. The third-order valence-corrected chi connectivity index (χ3v) is 4.75. The summed E-state index contributed by atoms with van der Waals surface area (Å²) < 4.78 is 6.25. The first kappa shape index (κ1) is 23.6. The molecule has 2 rings (SSSR count). The van der Waals surface area contributed by atoms with Crippen molar-refractivity contribution in [2.45, 2.75) is 39.4 Å². The molecule has 0 amide bonds. The van der Waals surface area contributed by atoms with Gasteiger partial charge in [-0.3, -0.25) is 9.79 Å². The van der Waals surface area contributed by atoms with Crippen molar-refractivity contribution in [1.82, 2.24) is 10.6 Å². The molecular weight excluding hydrogens is 477 g/mol. The number of thiophene rings is 1. The van der Waals surface area contributed by atoms with Crippen LogP contribution in [0.25, 0.3) is 10.1 Å². The Morgan fingerprint density at radius 1 is 1.30 bits per heavy atom. The summed E-state index contributed by atoms with van der Waals surface area (Å²) in [7, 11) is 0. The maximum atomic E-state index is 11.6. The van der Waals surface area contributed by atoms with Gasteiger partial charge < -0.3 is 20.5 Å². The van der Waals surface area contributed by atoms with Gasteiger partial charge in [0.15, 0.2) is 5.96 Å². The highest BCUT2D eigenvalue weighted by molar-refractivity contribution is 14.0. The van der Waals surface area contributed by atoms with E-state index in [0.717, 1.165) is 15.0 Å². The maximum Gasteiger partial charge on any atom is 0.307 e. The molecule has 0 radical (unpaired) electrons. The molecular formula is C19H28IN3O3S. The van der Waals surface area contributed by atoms with Gasteiger partial charge >= 0.3 is 5.97 Å². The Morgan fingerprint density at radius 3 is 2.70 bits per heavy atom. The second-order valence-corrected chi connectivity index (χ2v) is 7.25. The molecule has 6 nitrogen and oxygen atoms in total. The fraction of sp³-hybridized carbons (Fsp3) is 0.474. The lowest BCUT2D eigenvalue weighted by atomic mass is 10.2. The monoisotopic (exact) mass is 505 g/mol.